The highest BCUT2D eigenvalue weighted by atomic mass is 35.5. The molecule has 20 heavy (non-hydrogen) atoms. The number of ether oxygens (including phenoxy) is 1. The summed E-state index contributed by atoms with van der Waals surface area (Å²) in [5, 5.41) is 12.2. The van der Waals surface area contributed by atoms with E-state index in [2.05, 4.69) is 22.6 Å². The molecular weight excluding hydrogens is 276 g/mol. The van der Waals surface area contributed by atoms with Crippen LogP contribution in [0.3, 0.4) is 0 Å². The Morgan fingerprint density at radius 1 is 1.40 bits per heavy atom. The van der Waals surface area contributed by atoms with E-state index in [1.807, 2.05) is 24.4 Å². The molecule has 0 amide bonds. The minimum absolute atomic E-state index is 0.588. The van der Waals surface area contributed by atoms with Crippen LogP contribution in [0.1, 0.15) is 24.6 Å². The summed E-state index contributed by atoms with van der Waals surface area (Å²) in [5.74, 6) is 0.801. The predicted molar refractivity (Wildman–Crippen MR) is 79.1 cm³/mol. The fourth-order valence-corrected chi connectivity index (χ4v) is 2.13. The van der Waals surface area contributed by atoms with Crippen molar-refractivity contribution in [3.8, 4) is 5.75 Å². The molecular formula is C14H19ClN4O. The van der Waals surface area contributed by atoms with E-state index in [0.717, 1.165) is 36.5 Å². The third-order valence-corrected chi connectivity index (χ3v) is 3.13. The Balaban J connectivity index is 2.04. The SMILES string of the molecule is CCCNCc1cn(Cc2cc(Cl)ccc2OC)nn1. The van der Waals surface area contributed by atoms with E-state index in [0.29, 0.717) is 11.6 Å². The van der Waals surface area contributed by atoms with Crippen molar-refractivity contribution in [3.63, 3.8) is 0 Å². The molecule has 0 radical (unpaired) electrons. The minimum atomic E-state index is 0.588. The van der Waals surface area contributed by atoms with Crippen molar-refractivity contribution in [2.24, 2.45) is 0 Å². The molecule has 1 N–H and O–H groups in total. The molecule has 1 aromatic carbocycles. The fourth-order valence-electron chi connectivity index (χ4n) is 1.94. The Bertz CT molecular complexity index is 556. The van der Waals surface area contributed by atoms with Crippen molar-refractivity contribution in [2.45, 2.75) is 26.4 Å². The molecule has 0 fully saturated rings. The molecule has 1 heterocycles. The highest BCUT2D eigenvalue weighted by Crippen LogP contribution is 2.23. The molecule has 0 atom stereocenters. The Morgan fingerprint density at radius 3 is 3.00 bits per heavy atom. The molecule has 0 unspecified atom stereocenters. The van der Waals surface area contributed by atoms with E-state index in [1.54, 1.807) is 11.8 Å². The van der Waals surface area contributed by atoms with Gasteiger partial charge in [-0.05, 0) is 31.2 Å². The zero-order chi connectivity index (χ0) is 14.4. The van der Waals surface area contributed by atoms with Crippen LogP contribution in [0.2, 0.25) is 5.02 Å². The monoisotopic (exact) mass is 294 g/mol. The van der Waals surface area contributed by atoms with E-state index in [1.165, 1.54) is 0 Å². The molecule has 5 nitrogen and oxygen atoms in total. The number of methoxy groups -OCH3 is 1. The molecule has 2 aromatic rings. The molecule has 0 bridgehead atoms. The summed E-state index contributed by atoms with van der Waals surface area (Å²) in [6.45, 7) is 4.44. The highest BCUT2D eigenvalue weighted by Gasteiger charge is 2.07. The number of aromatic nitrogens is 3. The van der Waals surface area contributed by atoms with Crippen LogP contribution in [0.15, 0.2) is 24.4 Å². The van der Waals surface area contributed by atoms with Gasteiger partial charge in [0.2, 0.25) is 0 Å². The number of halogens is 1. The first kappa shape index (κ1) is 14.8. The standard InChI is InChI=1S/C14H19ClN4O/c1-3-6-16-8-13-10-19(18-17-13)9-11-7-12(15)4-5-14(11)20-2/h4-5,7,10,16H,3,6,8-9H2,1-2H3. The Hall–Kier alpha value is -1.59. The van der Waals surface area contributed by atoms with Gasteiger partial charge in [-0.1, -0.05) is 23.7 Å². The fraction of sp³-hybridized carbons (Fsp3) is 0.429. The number of hydrogen-bond acceptors (Lipinski definition) is 4. The first-order chi connectivity index (χ1) is 9.72. The van der Waals surface area contributed by atoms with E-state index in [4.69, 9.17) is 16.3 Å². The third-order valence-electron chi connectivity index (χ3n) is 2.89. The van der Waals surface area contributed by atoms with Crippen molar-refractivity contribution >= 4 is 11.6 Å². The smallest absolute Gasteiger partial charge is 0.124 e. The quantitative estimate of drug-likeness (QED) is 0.797. The lowest BCUT2D eigenvalue weighted by Crippen LogP contribution is -2.13. The first-order valence-electron chi connectivity index (χ1n) is 6.65. The average Bonchev–Trinajstić information content (AvgIpc) is 2.87. The number of hydrogen-bond donors (Lipinski definition) is 1. The first-order valence-corrected chi connectivity index (χ1v) is 7.03. The van der Waals surface area contributed by atoms with Crippen molar-refractivity contribution < 1.29 is 4.74 Å². The normalized spacial score (nSPS) is 10.8. The van der Waals surface area contributed by atoms with Crippen LogP contribution in [0.5, 0.6) is 5.75 Å². The van der Waals surface area contributed by atoms with Gasteiger partial charge in [0.15, 0.2) is 0 Å². The van der Waals surface area contributed by atoms with E-state index < -0.39 is 0 Å². The molecule has 0 aliphatic heterocycles. The number of nitrogens with zero attached hydrogens (tertiary/aromatic N) is 3. The largest absolute Gasteiger partial charge is 0.496 e. The lowest BCUT2D eigenvalue weighted by Gasteiger charge is -2.08. The summed E-state index contributed by atoms with van der Waals surface area (Å²) in [4.78, 5) is 0. The Morgan fingerprint density at radius 2 is 2.25 bits per heavy atom. The second-order valence-corrected chi connectivity index (χ2v) is 4.98. The maximum Gasteiger partial charge on any atom is 0.124 e. The van der Waals surface area contributed by atoms with E-state index in [9.17, 15) is 0 Å². The van der Waals surface area contributed by atoms with Crippen LogP contribution in [-0.4, -0.2) is 28.6 Å². The van der Waals surface area contributed by atoms with E-state index >= 15 is 0 Å². The number of rotatable bonds is 7. The van der Waals surface area contributed by atoms with Gasteiger partial charge in [0.1, 0.15) is 5.75 Å². The second-order valence-electron chi connectivity index (χ2n) is 4.54. The molecule has 0 saturated carbocycles. The zero-order valence-electron chi connectivity index (χ0n) is 11.8. The molecule has 1 aromatic heterocycles. The molecule has 108 valence electrons. The van der Waals surface area contributed by atoms with Gasteiger partial charge in [0.05, 0.1) is 25.5 Å². The molecule has 0 spiro atoms. The lowest BCUT2D eigenvalue weighted by molar-refractivity contribution is 0.407. The van der Waals surface area contributed by atoms with Crippen LogP contribution >= 0.6 is 11.6 Å². The topological polar surface area (TPSA) is 52.0 Å². The molecule has 0 saturated heterocycles. The van der Waals surface area contributed by atoms with Crippen molar-refractivity contribution in [2.75, 3.05) is 13.7 Å². The minimum Gasteiger partial charge on any atom is -0.496 e. The van der Waals surface area contributed by atoms with Crippen molar-refractivity contribution in [1.82, 2.24) is 20.3 Å². The van der Waals surface area contributed by atoms with Crippen LogP contribution in [0.4, 0.5) is 0 Å². The van der Waals surface area contributed by atoms with Crippen LogP contribution in [0.25, 0.3) is 0 Å². The van der Waals surface area contributed by atoms with Gasteiger partial charge >= 0.3 is 0 Å². The zero-order valence-corrected chi connectivity index (χ0v) is 12.5. The van der Waals surface area contributed by atoms with Crippen LogP contribution in [-0.2, 0) is 13.1 Å². The van der Waals surface area contributed by atoms with E-state index in [-0.39, 0.29) is 0 Å². The highest BCUT2D eigenvalue weighted by molar-refractivity contribution is 6.30. The summed E-state index contributed by atoms with van der Waals surface area (Å²) < 4.78 is 7.12. The van der Waals surface area contributed by atoms with Crippen molar-refractivity contribution in [3.05, 3.63) is 40.7 Å². The van der Waals surface area contributed by atoms with Gasteiger partial charge in [-0.25, -0.2) is 4.68 Å². The maximum absolute atomic E-state index is 6.02. The van der Waals surface area contributed by atoms with Crippen molar-refractivity contribution in [1.29, 1.82) is 0 Å². The van der Waals surface area contributed by atoms with Gasteiger partial charge in [0, 0.05) is 17.1 Å². The molecule has 0 aliphatic carbocycles. The summed E-state index contributed by atoms with van der Waals surface area (Å²) in [6, 6.07) is 5.56. The number of nitrogens with one attached hydrogen (secondary N) is 1. The predicted octanol–water partition coefficient (Wildman–Crippen LogP) is 2.49. The second kappa shape index (κ2) is 7.26. The molecule has 2 rings (SSSR count). The van der Waals surface area contributed by atoms with Gasteiger partial charge in [-0.15, -0.1) is 5.10 Å². The Kier molecular flexibility index (Phi) is 5.38. The third kappa shape index (κ3) is 3.95. The Labute approximate surface area is 123 Å². The van der Waals surface area contributed by atoms with Gasteiger partial charge in [-0.3, -0.25) is 0 Å². The number of benzene rings is 1. The van der Waals surface area contributed by atoms with Crippen LogP contribution < -0.4 is 10.1 Å². The average molecular weight is 295 g/mol. The van der Waals surface area contributed by atoms with Gasteiger partial charge in [-0.2, -0.15) is 0 Å². The summed E-state index contributed by atoms with van der Waals surface area (Å²) in [5.41, 5.74) is 1.91. The lowest BCUT2D eigenvalue weighted by atomic mass is 10.2. The van der Waals surface area contributed by atoms with Gasteiger partial charge in [0.25, 0.3) is 0 Å². The molecule has 0 aliphatic rings. The summed E-state index contributed by atoms with van der Waals surface area (Å²) >= 11 is 6.02. The maximum atomic E-state index is 6.02. The summed E-state index contributed by atoms with van der Waals surface area (Å²) in [7, 11) is 1.65. The van der Waals surface area contributed by atoms with Gasteiger partial charge < -0.3 is 10.1 Å². The van der Waals surface area contributed by atoms with Crippen LogP contribution in [0, 0.1) is 0 Å². The summed E-state index contributed by atoms with van der Waals surface area (Å²) in [6.07, 6.45) is 3.04. The molecule has 6 heteroatoms.